The molecule has 1 aliphatic heterocycles. The van der Waals surface area contributed by atoms with Crippen LogP contribution >= 0.6 is 11.8 Å². The van der Waals surface area contributed by atoms with E-state index in [0.29, 0.717) is 12.1 Å². The first-order valence-corrected chi connectivity index (χ1v) is 14.1. The Bertz CT molecular complexity index is 1460. The Hall–Kier alpha value is -3.49. The Kier molecular flexibility index (Phi) is 7.63. The van der Waals surface area contributed by atoms with Crippen LogP contribution in [0.5, 0.6) is 0 Å². The number of carbonyl (C=O) groups excluding carboxylic acids is 1. The van der Waals surface area contributed by atoms with Gasteiger partial charge in [-0.2, -0.15) is 0 Å². The molecule has 2 N–H and O–H groups in total. The highest BCUT2D eigenvalue weighted by molar-refractivity contribution is 7.98. The van der Waals surface area contributed by atoms with Crippen molar-refractivity contribution in [2.75, 3.05) is 24.2 Å². The molecule has 0 bridgehead atoms. The standard InChI is InChI=1S/C30H33N5O2S/c1-18-8-9-21(12-27(18)38-4)30(37)32-15-23-13-26-22(14-31-23)10-11-25(33-26)24-6-5-7-28(34-24)35-16-19(2)29(36)20(3)17-35/h5-14,19-20,29,36H,15-17H2,1-4H3,(H,32,37). The van der Waals surface area contributed by atoms with Gasteiger partial charge in [0.1, 0.15) is 5.82 Å². The number of aryl methyl sites for hydroxylation is 1. The van der Waals surface area contributed by atoms with Gasteiger partial charge in [-0.1, -0.05) is 26.0 Å². The van der Waals surface area contributed by atoms with Crippen molar-refractivity contribution in [3.05, 3.63) is 77.6 Å². The Balaban J connectivity index is 1.33. The third-order valence-corrected chi connectivity index (χ3v) is 8.11. The van der Waals surface area contributed by atoms with Gasteiger partial charge in [0.25, 0.3) is 5.91 Å². The van der Waals surface area contributed by atoms with Crippen LogP contribution in [0.1, 0.15) is 35.5 Å². The van der Waals surface area contributed by atoms with Crippen LogP contribution in [-0.2, 0) is 6.54 Å². The van der Waals surface area contributed by atoms with Gasteiger partial charge < -0.3 is 15.3 Å². The van der Waals surface area contributed by atoms with Crippen LogP contribution in [0.15, 0.2) is 65.7 Å². The van der Waals surface area contributed by atoms with Gasteiger partial charge in [-0.25, -0.2) is 9.97 Å². The first-order valence-electron chi connectivity index (χ1n) is 12.9. The minimum Gasteiger partial charge on any atom is -0.392 e. The van der Waals surface area contributed by atoms with E-state index in [1.807, 2.05) is 67.8 Å². The number of carbonyl (C=O) groups is 1. The van der Waals surface area contributed by atoms with Gasteiger partial charge in [-0.3, -0.25) is 9.78 Å². The van der Waals surface area contributed by atoms with Crippen LogP contribution in [0.25, 0.3) is 22.3 Å². The van der Waals surface area contributed by atoms with E-state index < -0.39 is 0 Å². The summed E-state index contributed by atoms with van der Waals surface area (Å²) in [7, 11) is 0. The molecule has 2 unspecified atom stereocenters. The van der Waals surface area contributed by atoms with Crippen molar-refractivity contribution in [3.8, 4) is 11.4 Å². The molecule has 0 radical (unpaired) electrons. The van der Waals surface area contributed by atoms with E-state index in [2.05, 4.69) is 29.0 Å². The van der Waals surface area contributed by atoms with Crippen LogP contribution < -0.4 is 10.2 Å². The van der Waals surface area contributed by atoms with E-state index >= 15 is 0 Å². The van der Waals surface area contributed by atoms with Gasteiger partial charge in [0, 0.05) is 35.1 Å². The minimum absolute atomic E-state index is 0.126. The molecule has 5 rings (SSSR count). The highest BCUT2D eigenvalue weighted by atomic mass is 32.2. The van der Waals surface area contributed by atoms with Crippen LogP contribution in [0.4, 0.5) is 5.82 Å². The molecule has 196 valence electrons. The van der Waals surface area contributed by atoms with Crippen molar-refractivity contribution in [1.82, 2.24) is 20.3 Å². The number of aromatic nitrogens is 3. The predicted molar refractivity (Wildman–Crippen MR) is 153 cm³/mol. The summed E-state index contributed by atoms with van der Waals surface area (Å²) >= 11 is 1.63. The highest BCUT2D eigenvalue weighted by Crippen LogP contribution is 2.28. The molecular weight excluding hydrogens is 494 g/mol. The molecule has 0 spiro atoms. The molecule has 2 atom stereocenters. The van der Waals surface area contributed by atoms with Crippen molar-refractivity contribution in [2.45, 2.75) is 38.3 Å². The fourth-order valence-electron chi connectivity index (χ4n) is 5.01. The first-order chi connectivity index (χ1) is 18.3. The summed E-state index contributed by atoms with van der Waals surface area (Å²) in [5.41, 5.74) is 4.92. The average Bonchev–Trinajstić information content (AvgIpc) is 2.94. The number of fused-ring (bicyclic) bond motifs is 1. The largest absolute Gasteiger partial charge is 0.392 e. The maximum Gasteiger partial charge on any atom is 0.251 e. The number of thioether (sulfide) groups is 1. The van der Waals surface area contributed by atoms with Gasteiger partial charge >= 0.3 is 0 Å². The number of anilines is 1. The number of aliphatic hydroxyl groups is 1. The summed E-state index contributed by atoms with van der Waals surface area (Å²) in [6, 6.07) is 17.6. The zero-order valence-electron chi connectivity index (χ0n) is 22.2. The lowest BCUT2D eigenvalue weighted by atomic mass is 9.88. The molecule has 1 aliphatic rings. The number of nitrogens with zero attached hydrogens (tertiary/aromatic N) is 4. The van der Waals surface area contributed by atoms with Crippen LogP contribution in [-0.4, -0.2) is 51.4 Å². The Morgan fingerprint density at radius 2 is 1.82 bits per heavy atom. The van der Waals surface area contributed by atoms with Gasteiger partial charge in [0.15, 0.2) is 0 Å². The van der Waals surface area contributed by atoms with E-state index in [-0.39, 0.29) is 23.8 Å². The van der Waals surface area contributed by atoms with Gasteiger partial charge in [-0.15, -0.1) is 11.8 Å². The fraction of sp³-hybridized carbons (Fsp3) is 0.333. The summed E-state index contributed by atoms with van der Waals surface area (Å²) in [5.74, 6) is 1.15. The van der Waals surface area contributed by atoms with E-state index in [9.17, 15) is 9.90 Å². The molecular formula is C30H33N5O2S. The molecule has 1 fully saturated rings. The third-order valence-electron chi connectivity index (χ3n) is 7.23. The van der Waals surface area contributed by atoms with Crippen LogP contribution in [0.3, 0.4) is 0 Å². The monoisotopic (exact) mass is 527 g/mol. The number of hydrogen-bond acceptors (Lipinski definition) is 7. The van der Waals surface area contributed by atoms with Crippen molar-refractivity contribution >= 4 is 34.4 Å². The molecule has 7 nitrogen and oxygen atoms in total. The number of nitrogens with one attached hydrogen (secondary N) is 1. The second-order valence-electron chi connectivity index (χ2n) is 10.2. The molecule has 3 aromatic heterocycles. The summed E-state index contributed by atoms with van der Waals surface area (Å²) < 4.78 is 0. The molecule has 8 heteroatoms. The Labute approximate surface area is 227 Å². The number of aliphatic hydroxyl groups excluding tert-OH is 1. The summed E-state index contributed by atoms with van der Waals surface area (Å²) in [5, 5.41) is 14.2. The number of benzene rings is 1. The number of piperidine rings is 1. The van der Waals surface area contributed by atoms with E-state index in [1.54, 1.807) is 18.0 Å². The first kappa shape index (κ1) is 26.1. The molecule has 38 heavy (non-hydrogen) atoms. The zero-order chi connectivity index (χ0) is 26.8. The summed E-state index contributed by atoms with van der Waals surface area (Å²) in [4.78, 5) is 30.4. The number of hydrogen-bond donors (Lipinski definition) is 2. The van der Waals surface area contributed by atoms with Gasteiger partial charge in [0.2, 0.25) is 0 Å². The van der Waals surface area contributed by atoms with Crippen molar-refractivity contribution in [2.24, 2.45) is 11.8 Å². The van der Waals surface area contributed by atoms with Crippen molar-refractivity contribution < 1.29 is 9.90 Å². The lowest BCUT2D eigenvalue weighted by Crippen LogP contribution is -2.47. The second kappa shape index (κ2) is 11.1. The van der Waals surface area contributed by atoms with E-state index in [1.165, 1.54) is 0 Å². The lowest BCUT2D eigenvalue weighted by Gasteiger charge is -2.39. The molecule has 1 amide bonds. The van der Waals surface area contributed by atoms with Crippen molar-refractivity contribution in [1.29, 1.82) is 0 Å². The van der Waals surface area contributed by atoms with E-state index in [0.717, 1.165) is 57.4 Å². The lowest BCUT2D eigenvalue weighted by molar-refractivity contribution is 0.0527. The highest BCUT2D eigenvalue weighted by Gasteiger charge is 2.31. The fourth-order valence-corrected chi connectivity index (χ4v) is 5.64. The third kappa shape index (κ3) is 5.51. The maximum absolute atomic E-state index is 12.7. The van der Waals surface area contributed by atoms with Crippen LogP contribution in [0.2, 0.25) is 0 Å². The second-order valence-corrected chi connectivity index (χ2v) is 11.0. The normalized spacial score (nSPS) is 19.5. The topological polar surface area (TPSA) is 91.2 Å². The summed E-state index contributed by atoms with van der Waals surface area (Å²) in [6.07, 6.45) is 3.52. The van der Waals surface area contributed by atoms with E-state index in [4.69, 9.17) is 9.97 Å². The quantitative estimate of drug-likeness (QED) is 0.337. The molecule has 4 heterocycles. The maximum atomic E-state index is 12.7. The predicted octanol–water partition coefficient (Wildman–Crippen LogP) is 5.11. The van der Waals surface area contributed by atoms with Crippen LogP contribution in [0, 0.1) is 18.8 Å². The minimum atomic E-state index is -0.283. The molecule has 4 aromatic rings. The summed E-state index contributed by atoms with van der Waals surface area (Å²) in [6.45, 7) is 8.06. The average molecular weight is 528 g/mol. The van der Waals surface area contributed by atoms with Gasteiger partial charge in [-0.05, 0) is 73.0 Å². The number of amides is 1. The Morgan fingerprint density at radius 3 is 2.58 bits per heavy atom. The molecule has 1 saturated heterocycles. The number of pyridine rings is 3. The molecule has 1 aromatic carbocycles. The Morgan fingerprint density at radius 1 is 1.05 bits per heavy atom. The zero-order valence-corrected chi connectivity index (χ0v) is 23.0. The molecule has 0 saturated carbocycles. The molecule has 0 aliphatic carbocycles. The smallest absolute Gasteiger partial charge is 0.251 e. The SMILES string of the molecule is CSc1cc(C(=O)NCc2cc3nc(-c4cccc(N5CC(C)C(O)C(C)C5)n4)ccc3cn2)ccc1C. The van der Waals surface area contributed by atoms with Gasteiger partial charge in [0.05, 0.1) is 35.2 Å². The van der Waals surface area contributed by atoms with Crippen molar-refractivity contribution in [3.63, 3.8) is 0 Å². The number of rotatable bonds is 6.